The van der Waals surface area contributed by atoms with Crippen LogP contribution in [-0.2, 0) is 4.79 Å². The normalized spacial score (nSPS) is 16.7. The molecular formula is C25H23F29N2O3. The van der Waals surface area contributed by atoms with Crippen molar-refractivity contribution in [2.45, 2.75) is 109 Å². The Balaban J connectivity index is 6.83. The van der Waals surface area contributed by atoms with Crippen molar-refractivity contribution in [3.8, 4) is 0 Å². The number of quaternary nitrogens is 1. The fraction of sp³-hybridized carbons (Fsp3) is 0.960. The van der Waals surface area contributed by atoms with Crippen LogP contribution in [-0.4, -0.2) is 145 Å². The van der Waals surface area contributed by atoms with E-state index in [4.69, 9.17) is 0 Å². The lowest BCUT2D eigenvalue weighted by Gasteiger charge is -2.46. The van der Waals surface area contributed by atoms with E-state index in [1.807, 2.05) is 5.32 Å². The van der Waals surface area contributed by atoms with E-state index >= 15 is 0 Å². The van der Waals surface area contributed by atoms with Gasteiger partial charge in [-0.3, -0.25) is 0 Å². The maximum atomic E-state index is 14.2. The molecule has 0 aliphatic carbocycles. The third kappa shape index (κ3) is 8.72. The summed E-state index contributed by atoms with van der Waals surface area (Å²) in [6.45, 7) is -2.07. The smallest absolute Gasteiger partial charge is 0.460 e. The van der Waals surface area contributed by atoms with Crippen LogP contribution in [0.2, 0.25) is 0 Å². The topological polar surface area (TPSA) is 72.4 Å². The molecule has 0 saturated heterocycles. The first-order valence-corrected chi connectivity index (χ1v) is 14.7. The molecule has 1 atom stereocenters. The van der Waals surface area contributed by atoms with Gasteiger partial charge in [-0.2, -0.15) is 127 Å². The molecule has 0 aliphatic heterocycles. The SMILES string of the molecule is C[N+](C)(CCCNCC(O)CC(F)(F)C(F)(F)C(F)(F)C(F)(F)C(F)(F)C(F)(F)C(F)(F)C(F)(F)C(F)(F)C(F)(F)C(F)(F)C(F)(F)C(F)(F)C(F)(F)F)CCC(=O)[O-]. The lowest BCUT2D eigenvalue weighted by Crippen LogP contribution is -2.79. The van der Waals surface area contributed by atoms with Gasteiger partial charge in [0.2, 0.25) is 0 Å². The van der Waals surface area contributed by atoms with Crippen LogP contribution in [0, 0.1) is 0 Å². The van der Waals surface area contributed by atoms with Crippen molar-refractivity contribution >= 4 is 5.97 Å². The monoisotopic (exact) mass is 950 g/mol. The number of aliphatic carboxylic acids is 1. The lowest BCUT2D eigenvalue weighted by atomic mass is 9.83. The number of hydrogen-bond acceptors (Lipinski definition) is 4. The summed E-state index contributed by atoms with van der Waals surface area (Å²) in [6, 6.07) is 0. The second kappa shape index (κ2) is 15.9. The molecular weight excluding hydrogens is 927 g/mol. The summed E-state index contributed by atoms with van der Waals surface area (Å²) in [6.07, 6.45) is -15.5. The number of halogens is 29. The van der Waals surface area contributed by atoms with Crippen LogP contribution in [0.3, 0.4) is 0 Å². The average molecular weight is 950 g/mol. The number of carbonyl (C=O) groups is 1. The van der Waals surface area contributed by atoms with Crippen LogP contribution in [0.25, 0.3) is 0 Å². The molecule has 0 aromatic rings. The Labute approximate surface area is 308 Å². The fourth-order valence-electron chi connectivity index (χ4n) is 4.28. The van der Waals surface area contributed by atoms with Gasteiger partial charge in [0.15, 0.2) is 0 Å². The highest BCUT2D eigenvalue weighted by Gasteiger charge is 3.00. The van der Waals surface area contributed by atoms with E-state index in [1.54, 1.807) is 0 Å². The molecule has 354 valence electrons. The number of aliphatic hydroxyl groups excluding tert-OH is 1. The van der Waals surface area contributed by atoms with Crippen molar-refractivity contribution in [3.05, 3.63) is 0 Å². The van der Waals surface area contributed by atoms with Crippen LogP contribution in [0.1, 0.15) is 19.3 Å². The molecule has 5 nitrogen and oxygen atoms in total. The fourth-order valence-corrected chi connectivity index (χ4v) is 4.28. The van der Waals surface area contributed by atoms with Gasteiger partial charge < -0.3 is 24.8 Å². The van der Waals surface area contributed by atoms with Gasteiger partial charge >= 0.3 is 83.2 Å². The highest BCUT2D eigenvalue weighted by molar-refractivity contribution is 5.64. The van der Waals surface area contributed by atoms with Gasteiger partial charge in [0, 0.05) is 38.3 Å². The van der Waals surface area contributed by atoms with E-state index in [0.29, 0.717) is 0 Å². The minimum atomic E-state index is -9.98. The van der Waals surface area contributed by atoms with Crippen molar-refractivity contribution in [3.63, 3.8) is 0 Å². The summed E-state index contributed by atoms with van der Waals surface area (Å²) in [7, 11) is 2.80. The van der Waals surface area contributed by atoms with Crippen LogP contribution in [0.15, 0.2) is 0 Å². The van der Waals surface area contributed by atoms with Crippen LogP contribution >= 0.6 is 0 Å². The zero-order chi connectivity index (χ0) is 48.3. The number of alkyl halides is 29. The summed E-state index contributed by atoms with van der Waals surface area (Å²) < 4.78 is 396. The number of carboxylic acids is 1. The lowest BCUT2D eigenvalue weighted by molar-refractivity contribution is -0.890. The van der Waals surface area contributed by atoms with Crippen LogP contribution < -0.4 is 10.4 Å². The first-order valence-electron chi connectivity index (χ1n) is 14.7. The number of nitrogens with one attached hydrogen (secondary N) is 1. The predicted molar refractivity (Wildman–Crippen MR) is 130 cm³/mol. The molecule has 0 aliphatic rings. The quantitative estimate of drug-likeness (QED) is 0.0625. The first kappa shape index (κ1) is 56.3. The van der Waals surface area contributed by atoms with Gasteiger partial charge in [0.25, 0.3) is 0 Å². The highest BCUT2D eigenvalue weighted by Crippen LogP contribution is 2.69. The minimum absolute atomic E-state index is 0.0148. The van der Waals surface area contributed by atoms with E-state index in [-0.39, 0.29) is 24.0 Å². The van der Waals surface area contributed by atoms with Crippen molar-refractivity contribution in [2.75, 3.05) is 40.3 Å². The Kier molecular flexibility index (Phi) is 15.2. The van der Waals surface area contributed by atoms with Gasteiger partial charge in [0.1, 0.15) is 0 Å². The molecule has 1 unspecified atom stereocenters. The Morgan fingerprint density at radius 1 is 0.492 bits per heavy atom. The summed E-state index contributed by atoms with van der Waals surface area (Å²) in [5, 5.41) is 21.9. The second-order valence-electron chi connectivity index (χ2n) is 13.0. The van der Waals surface area contributed by atoms with Gasteiger partial charge in [-0.15, -0.1) is 0 Å². The Morgan fingerprint density at radius 2 is 0.763 bits per heavy atom. The first-order chi connectivity index (χ1) is 25.3. The zero-order valence-electron chi connectivity index (χ0n) is 28.2. The molecule has 0 saturated carbocycles. The molecule has 0 bridgehead atoms. The summed E-state index contributed by atoms with van der Waals surface area (Å²) >= 11 is 0. The third-order valence-electron chi connectivity index (χ3n) is 8.06. The Hall–Kier alpha value is -2.68. The average Bonchev–Trinajstić information content (AvgIpc) is 3.01. The number of nitrogens with zero attached hydrogens (tertiary/aromatic N) is 1. The van der Waals surface area contributed by atoms with Crippen molar-refractivity contribution in [2.24, 2.45) is 0 Å². The van der Waals surface area contributed by atoms with Gasteiger partial charge in [-0.25, -0.2) is 0 Å². The molecule has 2 N–H and O–H groups in total. The van der Waals surface area contributed by atoms with Crippen LogP contribution in [0.4, 0.5) is 127 Å². The molecule has 0 rings (SSSR count). The van der Waals surface area contributed by atoms with E-state index in [0.717, 1.165) is 0 Å². The van der Waals surface area contributed by atoms with Crippen molar-refractivity contribution in [1.82, 2.24) is 5.32 Å². The Bertz CT molecular complexity index is 1460. The van der Waals surface area contributed by atoms with Crippen molar-refractivity contribution in [1.29, 1.82) is 0 Å². The van der Waals surface area contributed by atoms with Crippen molar-refractivity contribution < 1.29 is 147 Å². The van der Waals surface area contributed by atoms with Gasteiger partial charge in [-0.1, -0.05) is 0 Å². The van der Waals surface area contributed by atoms with E-state index in [1.165, 1.54) is 14.1 Å². The maximum Gasteiger partial charge on any atom is 0.460 e. The number of hydrogen-bond donors (Lipinski definition) is 2. The van der Waals surface area contributed by atoms with Gasteiger partial charge in [0.05, 0.1) is 33.3 Å². The molecule has 0 spiro atoms. The molecule has 34 heteroatoms. The van der Waals surface area contributed by atoms with E-state index in [2.05, 4.69) is 0 Å². The maximum absolute atomic E-state index is 14.2. The highest BCUT2D eigenvalue weighted by atomic mass is 19.4. The largest absolute Gasteiger partial charge is 0.550 e. The van der Waals surface area contributed by atoms with E-state index < -0.39 is 121 Å². The number of rotatable bonds is 23. The summed E-state index contributed by atoms with van der Waals surface area (Å²) in [5.41, 5.74) is 0. The zero-order valence-corrected chi connectivity index (χ0v) is 28.2. The standard InChI is InChI=1S/C25H23F29N2O3/c1-56(2,7-4-11(58)59)6-3-5-55-9-10(57)8-12(26,27)13(28,29)14(30,31)15(32,33)16(34,35)17(36,37)18(38,39)19(40,41)20(42,43)21(44,45)22(46,47)23(48,49)24(50,51)25(52,53)54/h10,55,57H,3-9H2,1-2H3. The van der Waals surface area contributed by atoms with E-state index in [9.17, 15) is 142 Å². The molecule has 0 aromatic carbocycles. The molecule has 0 amide bonds. The second-order valence-corrected chi connectivity index (χ2v) is 13.0. The number of aliphatic hydroxyl groups is 1. The number of carbonyl (C=O) groups excluding carboxylic acids is 1. The molecule has 0 heterocycles. The summed E-state index contributed by atoms with van der Waals surface area (Å²) in [4.78, 5) is 10.5. The predicted octanol–water partition coefficient (Wildman–Crippen LogP) is 7.75. The summed E-state index contributed by atoms with van der Waals surface area (Å²) in [5.74, 6) is -123. The molecule has 0 radical (unpaired) electrons. The third-order valence-corrected chi connectivity index (χ3v) is 8.06. The van der Waals surface area contributed by atoms with Crippen LogP contribution in [0.5, 0.6) is 0 Å². The minimum Gasteiger partial charge on any atom is -0.550 e. The molecule has 0 aromatic heterocycles. The molecule has 59 heavy (non-hydrogen) atoms. The van der Waals surface area contributed by atoms with Gasteiger partial charge in [-0.05, 0) is 0 Å². The Morgan fingerprint density at radius 3 is 1.03 bits per heavy atom. The number of carboxylic acid groups (broad SMARTS) is 1. The molecule has 0 fully saturated rings.